The summed E-state index contributed by atoms with van der Waals surface area (Å²) in [5.74, 6) is 0. The minimum absolute atomic E-state index is 0.131. The molecule has 2 atom stereocenters. The van der Waals surface area contributed by atoms with Crippen LogP contribution in [0, 0.1) is 0 Å². The molecule has 0 aliphatic carbocycles. The Morgan fingerprint density at radius 3 is 2.48 bits per heavy atom. The molecular formula is C20H24Cl2N3OS+. The van der Waals surface area contributed by atoms with E-state index >= 15 is 0 Å². The molecule has 4 nitrogen and oxygen atoms in total. The molecule has 144 valence electrons. The van der Waals surface area contributed by atoms with Crippen LogP contribution in [0.1, 0.15) is 18.5 Å². The van der Waals surface area contributed by atoms with Crippen molar-refractivity contribution in [2.45, 2.75) is 19.0 Å². The third-order valence-electron chi connectivity index (χ3n) is 4.77. The van der Waals surface area contributed by atoms with E-state index in [0.29, 0.717) is 15.2 Å². The average molecular weight is 425 g/mol. The standard InChI is InChI=1S/C20H23Cl2N3OS/c1-14(23-20(27)24-18-8-7-16(21)13-17(18)22)19(15-5-3-2-4-6-15)25-9-11-26-12-10-25/h2-8,13-14,19H,9-12H2,1H3,(H2,23,24,27)/p+1/t14-,19-/m1/s1. The Bertz CT molecular complexity index is 769. The summed E-state index contributed by atoms with van der Waals surface area (Å²) in [6.45, 7) is 5.70. The first-order valence-corrected chi connectivity index (χ1v) is 10.2. The van der Waals surface area contributed by atoms with Gasteiger partial charge in [-0.3, -0.25) is 0 Å². The van der Waals surface area contributed by atoms with Crippen molar-refractivity contribution >= 4 is 46.2 Å². The summed E-state index contributed by atoms with van der Waals surface area (Å²) < 4.78 is 5.54. The number of ether oxygens (including phenoxy) is 1. The number of quaternary nitrogens is 1. The number of morpholine rings is 1. The van der Waals surface area contributed by atoms with Gasteiger partial charge in [-0.15, -0.1) is 0 Å². The molecular weight excluding hydrogens is 401 g/mol. The molecule has 0 aromatic heterocycles. The topological polar surface area (TPSA) is 37.7 Å². The van der Waals surface area contributed by atoms with Gasteiger partial charge in [0.2, 0.25) is 0 Å². The maximum absolute atomic E-state index is 6.24. The highest BCUT2D eigenvalue weighted by Gasteiger charge is 2.31. The van der Waals surface area contributed by atoms with Crippen LogP contribution >= 0.6 is 35.4 Å². The quantitative estimate of drug-likeness (QED) is 0.643. The molecule has 0 saturated carbocycles. The van der Waals surface area contributed by atoms with E-state index in [9.17, 15) is 0 Å². The van der Waals surface area contributed by atoms with Crippen LogP contribution in [-0.4, -0.2) is 37.5 Å². The summed E-state index contributed by atoms with van der Waals surface area (Å²) in [7, 11) is 0. The van der Waals surface area contributed by atoms with E-state index in [0.717, 1.165) is 32.0 Å². The van der Waals surface area contributed by atoms with Crippen molar-refractivity contribution < 1.29 is 9.64 Å². The van der Waals surface area contributed by atoms with Crippen molar-refractivity contribution in [2.24, 2.45) is 0 Å². The second-order valence-corrected chi connectivity index (χ2v) is 7.92. The van der Waals surface area contributed by atoms with E-state index in [1.165, 1.54) is 10.5 Å². The van der Waals surface area contributed by atoms with Gasteiger partial charge in [0.15, 0.2) is 5.11 Å². The molecule has 2 aromatic rings. The van der Waals surface area contributed by atoms with Gasteiger partial charge < -0.3 is 20.3 Å². The Balaban J connectivity index is 1.71. The Morgan fingerprint density at radius 2 is 1.81 bits per heavy atom. The monoisotopic (exact) mass is 424 g/mol. The van der Waals surface area contributed by atoms with Gasteiger partial charge in [0.25, 0.3) is 0 Å². The van der Waals surface area contributed by atoms with E-state index in [1.54, 1.807) is 12.1 Å². The first kappa shape index (κ1) is 20.4. The summed E-state index contributed by atoms with van der Waals surface area (Å²) >= 11 is 17.7. The lowest BCUT2D eigenvalue weighted by molar-refractivity contribution is -0.940. The second-order valence-electron chi connectivity index (χ2n) is 6.67. The van der Waals surface area contributed by atoms with Crippen LogP contribution in [0.15, 0.2) is 48.5 Å². The van der Waals surface area contributed by atoms with Gasteiger partial charge in [-0.1, -0.05) is 53.5 Å². The van der Waals surface area contributed by atoms with E-state index in [2.05, 4.69) is 41.8 Å². The van der Waals surface area contributed by atoms with Crippen LogP contribution in [0.3, 0.4) is 0 Å². The molecule has 3 rings (SSSR count). The predicted octanol–water partition coefficient (Wildman–Crippen LogP) is 3.32. The molecule has 1 aliphatic heterocycles. The number of halogens is 2. The largest absolute Gasteiger partial charge is 0.370 e. The van der Waals surface area contributed by atoms with Gasteiger partial charge in [-0.05, 0) is 37.3 Å². The smallest absolute Gasteiger partial charge is 0.171 e. The van der Waals surface area contributed by atoms with E-state index in [-0.39, 0.29) is 12.1 Å². The van der Waals surface area contributed by atoms with Crippen LogP contribution in [0.5, 0.6) is 0 Å². The van der Waals surface area contributed by atoms with Gasteiger partial charge in [0, 0.05) is 10.6 Å². The Morgan fingerprint density at radius 1 is 1.11 bits per heavy atom. The van der Waals surface area contributed by atoms with Crippen LogP contribution in [0.25, 0.3) is 0 Å². The Kier molecular flexibility index (Phi) is 7.33. The summed E-state index contributed by atoms with van der Waals surface area (Å²) in [6, 6.07) is 16.3. The Hall–Kier alpha value is -1.37. The Labute approximate surface area is 175 Å². The van der Waals surface area contributed by atoms with E-state index < -0.39 is 0 Å². The predicted molar refractivity (Wildman–Crippen MR) is 116 cm³/mol. The molecule has 27 heavy (non-hydrogen) atoms. The number of hydrogen-bond acceptors (Lipinski definition) is 2. The molecule has 3 N–H and O–H groups in total. The highest BCUT2D eigenvalue weighted by atomic mass is 35.5. The minimum atomic E-state index is 0.131. The zero-order chi connectivity index (χ0) is 19.2. The zero-order valence-corrected chi connectivity index (χ0v) is 17.5. The first-order chi connectivity index (χ1) is 13.0. The van der Waals surface area contributed by atoms with E-state index in [4.69, 9.17) is 40.2 Å². The minimum Gasteiger partial charge on any atom is -0.370 e. The molecule has 1 saturated heterocycles. The lowest BCUT2D eigenvalue weighted by Crippen LogP contribution is -3.15. The fourth-order valence-corrected chi connectivity index (χ4v) is 4.27. The van der Waals surface area contributed by atoms with Crippen LogP contribution in [0.2, 0.25) is 10.0 Å². The molecule has 0 unspecified atom stereocenters. The van der Waals surface area contributed by atoms with Crippen molar-refractivity contribution in [3.05, 3.63) is 64.1 Å². The average Bonchev–Trinajstić information content (AvgIpc) is 2.66. The second kappa shape index (κ2) is 9.71. The van der Waals surface area contributed by atoms with Crippen LogP contribution in [-0.2, 0) is 4.74 Å². The molecule has 1 fully saturated rings. The summed E-state index contributed by atoms with van der Waals surface area (Å²) in [5, 5.41) is 8.28. The fraction of sp³-hybridized carbons (Fsp3) is 0.350. The maximum atomic E-state index is 6.24. The molecule has 1 aliphatic rings. The molecule has 2 aromatic carbocycles. The van der Waals surface area contributed by atoms with Crippen molar-refractivity contribution in [1.29, 1.82) is 0 Å². The van der Waals surface area contributed by atoms with E-state index in [1.807, 2.05) is 12.1 Å². The van der Waals surface area contributed by atoms with Gasteiger partial charge >= 0.3 is 0 Å². The summed E-state index contributed by atoms with van der Waals surface area (Å²) in [5.41, 5.74) is 2.03. The third kappa shape index (κ3) is 5.56. The number of thiocarbonyl (C=S) groups is 1. The number of benzene rings is 2. The molecule has 1 heterocycles. The number of anilines is 1. The normalized spacial score (nSPS) is 17.1. The molecule has 0 amide bonds. The molecule has 0 bridgehead atoms. The van der Waals surface area contributed by atoms with Crippen LogP contribution in [0.4, 0.5) is 5.69 Å². The van der Waals surface area contributed by atoms with Gasteiger partial charge in [0.1, 0.15) is 19.1 Å². The van der Waals surface area contributed by atoms with Gasteiger partial charge in [-0.25, -0.2) is 0 Å². The first-order valence-electron chi connectivity index (χ1n) is 9.04. The highest BCUT2D eigenvalue weighted by Crippen LogP contribution is 2.25. The number of nitrogens with one attached hydrogen (secondary N) is 3. The summed E-state index contributed by atoms with van der Waals surface area (Å²) in [6.07, 6.45) is 0. The number of rotatable bonds is 5. The lowest BCUT2D eigenvalue weighted by Gasteiger charge is -2.35. The van der Waals surface area contributed by atoms with Gasteiger partial charge in [0.05, 0.1) is 30.0 Å². The lowest BCUT2D eigenvalue weighted by atomic mass is 9.98. The van der Waals surface area contributed by atoms with Crippen molar-refractivity contribution in [3.63, 3.8) is 0 Å². The van der Waals surface area contributed by atoms with Crippen LogP contribution < -0.4 is 15.5 Å². The maximum Gasteiger partial charge on any atom is 0.171 e. The molecule has 0 radical (unpaired) electrons. The third-order valence-corrected chi connectivity index (χ3v) is 5.54. The highest BCUT2D eigenvalue weighted by molar-refractivity contribution is 7.80. The SMILES string of the molecule is C[C@@H](NC(=S)Nc1ccc(Cl)cc1Cl)[C@H](c1ccccc1)[NH+]1CCOCC1. The molecule has 7 heteroatoms. The van der Waals surface area contributed by atoms with Crippen molar-refractivity contribution in [1.82, 2.24) is 5.32 Å². The number of hydrogen-bond donors (Lipinski definition) is 3. The van der Waals surface area contributed by atoms with Crippen molar-refractivity contribution in [2.75, 3.05) is 31.6 Å². The summed E-state index contributed by atoms with van der Waals surface area (Å²) in [4.78, 5) is 1.50. The van der Waals surface area contributed by atoms with Gasteiger partial charge in [-0.2, -0.15) is 0 Å². The zero-order valence-electron chi connectivity index (χ0n) is 15.2. The van der Waals surface area contributed by atoms with Crippen molar-refractivity contribution in [3.8, 4) is 0 Å². The fourth-order valence-electron chi connectivity index (χ4n) is 3.52. The molecule has 0 spiro atoms.